The van der Waals surface area contributed by atoms with Crippen LogP contribution in [0.4, 0.5) is 8.78 Å². The second-order valence-electron chi connectivity index (χ2n) is 2.89. The van der Waals surface area contributed by atoms with E-state index in [-0.39, 0.29) is 6.54 Å². The lowest BCUT2D eigenvalue weighted by Gasteiger charge is -2.29. The summed E-state index contributed by atoms with van der Waals surface area (Å²) < 4.78 is 23.8. The Balaban J connectivity index is 2.23. The molecule has 1 unspecified atom stereocenters. The maximum atomic E-state index is 11.9. The second kappa shape index (κ2) is 4.36. The summed E-state index contributed by atoms with van der Waals surface area (Å²) in [5, 5.41) is 0. The van der Waals surface area contributed by atoms with Crippen molar-refractivity contribution in [3.8, 4) is 0 Å². The van der Waals surface area contributed by atoms with E-state index in [2.05, 4.69) is 15.9 Å². The molecule has 1 heterocycles. The predicted molar refractivity (Wildman–Crippen MR) is 44.4 cm³/mol. The number of hydrogen-bond acceptors (Lipinski definition) is 1. The van der Waals surface area contributed by atoms with Gasteiger partial charge < -0.3 is 0 Å². The molecule has 0 aromatic heterocycles. The molecule has 66 valence electrons. The third-order valence-electron chi connectivity index (χ3n) is 1.84. The molecular weight excluding hydrogens is 216 g/mol. The van der Waals surface area contributed by atoms with E-state index in [0.717, 1.165) is 25.9 Å². The summed E-state index contributed by atoms with van der Waals surface area (Å²) in [6, 6.07) is 0. The zero-order chi connectivity index (χ0) is 8.27. The number of piperidine rings is 1. The predicted octanol–water partition coefficient (Wildman–Crippen LogP) is 2.11. The van der Waals surface area contributed by atoms with Crippen LogP contribution in [0.2, 0.25) is 0 Å². The minimum Gasteiger partial charge on any atom is -0.297 e. The Morgan fingerprint density at radius 3 is 2.82 bits per heavy atom. The number of halogens is 3. The topological polar surface area (TPSA) is 3.24 Å². The first-order chi connectivity index (χ1) is 5.18. The third kappa shape index (κ3) is 3.47. The van der Waals surface area contributed by atoms with Crippen LogP contribution in [0.3, 0.4) is 0 Å². The highest BCUT2D eigenvalue weighted by atomic mass is 79.9. The lowest BCUT2D eigenvalue weighted by Crippen LogP contribution is -2.38. The summed E-state index contributed by atoms with van der Waals surface area (Å²) >= 11 is 3.43. The Morgan fingerprint density at radius 2 is 2.27 bits per heavy atom. The fourth-order valence-corrected chi connectivity index (χ4v) is 2.09. The lowest BCUT2D eigenvalue weighted by atomic mass is 10.1. The van der Waals surface area contributed by atoms with Crippen LogP contribution >= 0.6 is 15.9 Å². The van der Waals surface area contributed by atoms with E-state index in [4.69, 9.17) is 0 Å². The van der Waals surface area contributed by atoms with Gasteiger partial charge in [0.2, 0.25) is 0 Å². The van der Waals surface area contributed by atoms with Gasteiger partial charge in [0.05, 0.1) is 6.54 Å². The molecule has 0 aromatic rings. The van der Waals surface area contributed by atoms with Gasteiger partial charge >= 0.3 is 0 Å². The number of likely N-dealkylation sites (tertiary alicyclic amines) is 1. The van der Waals surface area contributed by atoms with Crippen molar-refractivity contribution in [3.63, 3.8) is 0 Å². The van der Waals surface area contributed by atoms with Crippen molar-refractivity contribution in [2.75, 3.05) is 19.6 Å². The molecule has 1 saturated heterocycles. The van der Waals surface area contributed by atoms with Crippen LogP contribution < -0.4 is 0 Å². The molecule has 1 fully saturated rings. The Bertz CT molecular complexity index is 119. The highest BCUT2D eigenvalue weighted by Gasteiger charge is 2.19. The van der Waals surface area contributed by atoms with Crippen LogP contribution in [-0.2, 0) is 0 Å². The van der Waals surface area contributed by atoms with E-state index in [1.807, 2.05) is 4.90 Å². The van der Waals surface area contributed by atoms with E-state index < -0.39 is 6.43 Å². The van der Waals surface area contributed by atoms with Crippen LogP contribution in [0.25, 0.3) is 0 Å². The summed E-state index contributed by atoms with van der Waals surface area (Å²) in [6.07, 6.45) is -0.0460. The van der Waals surface area contributed by atoms with Crippen LogP contribution in [0, 0.1) is 0 Å². The monoisotopic (exact) mass is 227 g/mol. The maximum Gasteiger partial charge on any atom is 0.251 e. The number of alkyl halides is 3. The average Bonchev–Trinajstić information content (AvgIpc) is 1.85. The van der Waals surface area contributed by atoms with E-state index in [1.165, 1.54) is 0 Å². The van der Waals surface area contributed by atoms with Crippen molar-refractivity contribution in [2.24, 2.45) is 0 Å². The zero-order valence-electron chi connectivity index (χ0n) is 6.27. The Hall–Kier alpha value is 0.300. The molecular formula is C7H12BrF2N. The van der Waals surface area contributed by atoms with Crippen LogP contribution in [0.5, 0.6) is 0 Å². The van der Waals surface area contributed by atoms with E-state index in [0.29, 0.717) is 4.83 Å². The molecule has 11 heavy (non-hydrogen) atoms. The van der Waals surface area contributed by atoms with Crippen molar-refractivity contribution < 1.29 is 8.78 Å². The maximum absolute atomic E-state index is 11.9. The first-order valence-corrected chi connectivity index (χ1v) is 4.74. The zero-order valence-corrected chi connectivity index (χ0v) is 7.86. The van der Waals surface area contributed by atoms with Crippen LogP contribution in [0.15, 0.2) is 0 Å². The summed E-state index contributed by atoms with van der Waals surface area (Å²) in [7, 11) is 0. The first-order valence-electron chi connectivity index (χ1n) is 3.83. The van der Waals surface area contributed by atoms with Gasteiger partial charge in [-0.1, -0.05) is 15.9 Å². The van der Waals surface area contributed by atoms with E-state index in [9.17, 15) is 8.78 Å². The highest BCUT2D eigenvalue weighted by molar-refractivity contribution is 9.09. The smallest absolute Gasteiger partial charge is 0.251 e. The van der Waals surface area contributed by atoms with Crippen LogP contribution in [0.1, 0.15) is 12.8 Å². The minimum atomic E-state index is -2.19. The van der Waals surface area contributed by atoms with Gasteiger partial charge in [0, 0.05) is 11.4 Å². The minimum absolute atomic E-state index is 0.0674. The van der Waals surface area contributed by atoms with Gasteiger partial charge in [0.15, 0.2) is 0 Å². The number of rotatable bonds is 2. The van der Waals surface area contributed by atoms with Crippen LogP contribution in [-0.4, -0.2) is 35.8 Å². The van der Waals surface area contributed by atoms with Gasteiger partial charge in [-0.05, 0) is 19.4 Å². The molecule has 1 rings (SSSR count). The van der Waals surface area contributed by atoms with Gasteiger partial charge in [-0.3, -0.25) is 4.90 Å². The molecule has 0 aromatic carbocycles. The van der Waals surface area contributed by atoms with Gasteiger partial charge in [-0.25, -0.2) is 8.78 Å². The molecule has 0 spiro atoms. The molecule has 0 bridgehead atoms. The number of hydrogen-bond donors (Lipinski definition) is 0. The van der Waals surface area contributed by atoms with Crippen molar-refractivity contribution in [3.05, 3.63) is 0 Å². The Morgan fingerprint density at radius 1 is 1.55 bits per heavy atom. The molecule has 1 aliphatic heterocycles. The molecule has 0 amide bonds. The standard InChI is InChI=1S/C7H12BrF2N/c8-6-2-1-3-11(4-6)5-7(9)10/h6-7H,1-5H2. The van der Waals surface area contributed by atoms with Crippen molar-refractivity contribution in [2.45, 2.75) is 24.1 Å². The fourth-order valence-electron chi connectivity index (χ4n) is 1.36. The molecule has 0 saturated carbocycles. The SMILES string of the molecule is FC(F)CN1CCCC(Br)C1. The normalized spacial score (nSPS) is 27.8. The molecule has 0 aliphatic carbocycles. The molecule has 1 aliphatic rings. The van der Waals surface area contributed by atoms with Gasteiger partial charge in [-0.15, -0.1) is 0 Å². The molecule has 0 N–H and O–H groups in total. The van der Waals surface area contributed by atoms with E-state index in [1.54, 1.807) is 0 Å². The summed E-state index contributed by atoms with van der Waals surface area (Å²) in [4.78, 5) is 2.23. The summed E-state index contributed by atoms with van der Waals surface area (Å²) in [6.45, 7) is 1.53. The second-order valence-corrected chi connectivity index (χ2v) is 4.19. The molecule has 4 heteroatoms. The van der Waals surface area contributed by atoms with Crippen molar-refractivity contribution in [1.29, 1.82) is 0 Å². The first kappa shape index (κ1) is 9.39. The average molecular weight is 228 g/mol. The number of nitrogens with zero attached hydrogens (tertiary/aromatic N) is 1. The Kier molecular flexibility index (Phi) is 3.72. The fraction of sp³-hybridized carbons (Fsp3) is 1.00. The van der Waals surface area contributed by atoms with Gasteiger partial charge in [0.1, 0.15) is 0 Å². The molecule has 1 atom stereocenters. The van der Waals surface area contributed by atoms with Crippen molar-refractivity contribution in [1.82, 2.24) is 4.90 Å². The van der Waals surface area contributed by atoms with Gasteiger partial charge in [-0.2, -0.15) is 0 Å². The summed E-state index contributed by atoms with van der Waals surface area (Å²) in [5.74, 6) is 0. The lowest BCUT2D eigenvalue weighted by molar-refractivity contribution is 0.0805. The van der Waals surface area contributed by atoms with Gasteiger partial charge in [0.25, 0.3) is 6.43 Å². The third-order valence-corrected chi connectivity index (χ3v) is 2.59. The van der Waals surface area contributed by atoms with Crippen molar-refractivity contribution >= 4 is 15.9 Å². The largest absolute Gasteiger partial charge is 0.297 e. The quantitative estimate of drug-likeness (QED) is 0.654. The molecule has 0 radical (unpaired) electrons. The highest BCUT2D eigenvalue weighted by Crippen LogP contribution is 2.17. The Labute approximate surface area is 73.9 Å². The summed E-state index contributed by atoms with van der Waals surface area (Å²) in [5.41, 5.74) is 0. The van der Waals surface area contributed by atoms with E-state index >= 15 is 0 Å². The molecule has 1 nitrogen and oxygen atoms in total.